The normalized spacial score (nSPS) is 8.50. The van der Waals surface area contributed by atoms with Crippen molar-refractivity contribution < 1.29 is 0 Å². The van der Waals surface area contributed by atoms with E-state index < -0.39 is 0 Å². The Balaban J connectivity index is 3.15. The Kier molecular flexibility index (Phi) is 1.31. The first-order valence-electron chi connectivity index (χ1n) is 1.93. The van der Waals surface area contributed by atoms with Gasteiger partial charge in [0.25, 0.3) is 0 Å². The summed E-state index contributed by atoms with van der Waals surface area (Å²) < 4.78 is 0.639. The van der Waals surface area contributed by atoms with Gasteiger partial charge in [-0.05, 0) is 15.9 Å². The quantitative estimate of drug-likeness (QED) is 0.635. The van der Waals surface area contributed by atoms with Crippen molar-refractivity contribution in [2.24, 2.45) is 0 Å². The Labute approximate surface area is 54.5 Å². The van der Waals surface area contributed by atoms with E-state index in [1.807, 2.05) is 6.07 Å². The Morgan fingerprint density at radius 3 is 2.88 bits per heavy atom. The van der Waals surface area contributed by atoms with Crippen molar-refractivity contribution in [2.75, 3.05) is 0 Å². The molecule has 0 saturated carbocycles. The van der Waals surface area contributed by atoms with Gasteiger partial charge in [0.2, 0.25) is 0 Å². The summed E-state index contributed by atoms with van der Waals surface area (Å²) >= 11 is 3.09. The zero-order chi connectivity index (χ0) is 5.98. The number of nitrogens with zero attached hydrogens (tertiary/aromatic N) is 2. The van der Waals surface area contributed by atoms with Crippen LogP contribution in [0.25, 0.3) is 0 Å². The molecule has 0 aliphatic heterocycles. The van der Waals surface area contributed by atoms with Gasteiger partial charge in [0, 0.05) is 0 Å². The van der Waals surface area contributed by atoms with Crippen LogP contribution in [-0.4, -0.2) is 10.2 Å². The molecule has 1 heterocycles. The first-order chi connectivity index (χ1) is 3.84. The SMILES string of the molecule is N#Cc1cn[nH]c1Br. The van der Waals surface area contributed by atoms with Crippen LogP contribution in [0.2, 0.25) is 0 Å². The third-order valence-corrected chi connectivity index (χ3v) is 1.32. The summed E-state index contributed by atoms with van der Waals surface area (Å²) in [5.41, 5.74) is 0.532. The molecule has 3 nitrogen and oxygen atoms in total. The van der Waals surface area contributed by atoms with Gasteiger partial charge in [0.1, 0.15) is 16.2 Å². The molecular formula is C4H2BrN3. The molecule has 4 heteroatoms. The van der Waals surface area contributed by atoms with E-state index in [0.717, 1.165) is 0 Å². The van der Waals surface area contributed by atoms with E-state index in [1.54, 1.807) is 0 Å². The summed E-state index contributed by atoms with van der Waals surface area (Å²) in [6.45, 7) is 0. The number of nitrogens with one attached hydrogen (secondary N) is 1. The molecule has 0 radical (unpaired) electrons. The molecule has 40 valence electrons. The minimum absolute atomic E-state index is 0.532. The van der Waals surface area contributed by atoms with Crippen LogP contribution < -0.4 is 0 Å². The van der Waals surface area contributed by atoms with E-state index in [0.29, 0.717) is 10.2 Å². The third kappa shape index (κ3) is 0.724. The molecule has 0 bridgehead atoms. The van der Waals surface area contributed by atoms with Crippen molar-refractivity contribution in [1.29, 1.82) is 5.26 Å². The monoisotopic (exact) mass is 171 g/mol. The standard InChI is InChI=1S/C4H2BrN3/c5-4-3(1-6)2-7-8-4/h2H,(H,7,8). The summed E-state index contributed by atoms with van der Waals surface area (Å²) in [5, 5.41) is 14.4. The van der Waals surface area contributed by atoms with Gasteiger partial charge in [-0.25, -0.2) is 0 Å². The minimum atomic E-state index is 0.532. The van der Waals surface area contributed by atoms with E-state index in [-0.39, 0.29) is 0 Å². The van der Waals surface area contributed by atoms with Crippen LogP contribution in [0.5, 0.6) is 0 Å². The van der Waals surface area contributed by atoms with Crippen LogP contribution in [0.15, 0.2) is 10.8 Å². The lowest BCUT2D eigenvalue weighted by Gasteiger charge is -1.73. The Morgan fingerprint density at radius 1 is 1.88 bits per heavy atom. The van der Waals surface area contributed by atoms with Gasteiger partial charge in [0.05, 0.1) is 6.20 Å². The summed E-state index contributed by atoms with van der Waals surface area (Å²) in [4.78, 5) is 0. The molecule has 0 amide bonds. The fraction of sp³-hybridized carbons (Fsp3) is 0. The molecule has 0 aliphatic rings. The Hall–Kier alpha value is -0.820. The number of aromatic nitrogens is 2. The minimum Gasteiger partial charge on any atom is -0.270 e. The molecule has 1 N–H and O–H groups in total. The van der Waals surface area contributed by atoms with Crippen molar-refractivity contribution in [1.82, 2.24) is 10.2 Å². The lowest BCUT2D eigenvalue weighted by atomic mass is 10.4. The summed E-state index contributed by atoms with van der Waals surface area (Å²) in [5.74, 6) is 0. The molecule has 1 aromatic heterocycles. The van der Waals surface area contributed by atoms with Crippen molar-refractivity contribution in [3.05, 3.63) is 16.4 Å². The molecule has 0 aliphatic carbocycles. The highest BCUT2D eigenvalue weighted by molar-refractivity contribution is 9.10. The molecule has 0 fully saturated rings. The second-order valence-corrected chi connectivity index (χ2v) is 2.00. The fourth-order valence-corrected chi connectivity index (χ4v) is 0.642. The van der Waals surface area contributed by atoms with Crippen molar-refractivity contribution in [3.8, 4) is 6.07 Å². The van der Waals surface area contributed by atoms with Crippen LogP contribution in [-0.2, 0) is 0 Å². The van der Waals surface area contributed by atoms with E-state index in [1.165, 1.54) is 6.20 Å². The van der Waals surface area contributed by atoms with Gasteiger partial charge in [0.15, 0.2) is 0 Å². The van der Waals surface area contributed by atoms with Crippen molar-refractivity contribution in [2.45, 2.75) is 0 Å². The summed E-state index contributed by atoms with van der Waals surface area (Å²) in [6, 6.07) is 1.93. The Bertz CT molecular complexity index is 221. The van der Waals surface area contributed by atoms with Gasteiger partial charge >= 0.3 is 0 Å². The topological polar surface area (TPSA) is 52.5 Å². The van der Waals surface area contributed by atoms with Gasteiger partial charge < -0.3 is 0 Å². The van der Waals surface area contributed by atoms with E-state index >= 15 is 0 Å². The van der Waals surface area contributed by atoms with E-state index in [9.17, 15) is 0 Å². The zero-order valence-corrected chi connectivity index (χ0v) is 5.44. The molecule has 0 spiro atoms. The number of H-pyrrole nitrogens is 1. The first-order valence-corrected chi connectivity index (χ1v) is 2.73. The maximum atomic E-state index is 8.27. The fourth-order valence-electron chi connectivity index (χ4n) is 0.348. The maximum absolute atomic E-state index is 8.27. The molecule has 1 rings (SSSR count). The average Bonchev–Trinajstić information content (AvgIpc) is 2.14. The number of rotatable bonds is 0. The van der Waals surface area contributed by atoms with Crippen LogP contribution >= 0.6 is 15.9 Å². The van der Waals surface area contributed by atoms with Crippen LogP contribution in [0, 0.1) is 11.3 Å². The smallest absolute Gasteiger partial charge is 0.118 e. The number of nitriles is 1. The number of aromatic amines is 1. The largest absolute Gasteiger partial charge is 0.270 e. The highest BCUT2D eigenvalue weighted by Gasteiger charge is 1.95. The van der Waals surface area contributed by atoms with Crippen molar-refractivity contribution >= 4 is 15.9 Å². The maximum Gasteiger partial charge on any atom is 0.118 e. The summed E-state index contributed by atoms with van der Waals surface area (Å²) in [6.07, 6.45) is 1.46. The second-order valence-electron chi connectivity index (χ2n) is 1.21. The lowest BCUT2D eigenvalue weighted by Crippen LogP contribution is -1.65. The van der Waals surface area contributed by atoms with Gasteiger partial charge in [-0.3, -0.25) is 5.10 Å². The summed E-state index contributed by atoms with van der Waals surface area (Å²) in [7, 11) is 0. The zero-order valence-electron chi connectivity index (χ0n) is 3.85. The number of halogens is 1. The van der Waals surface area contributed by atoms with Gasteiger partial charge in [-0.1, -0.05) is 0 Å². The van der Waals surface area contributed by atoms with Crippen LogP contribution in [0.1, 0.15) is 5.56 Å². The van der Waals surface area contributed by atoms with Gasteiger partial charge in [-0.15, -0.1) is 0 Å². The van der Waals surface area contributed by atoms with Crippen LogP contribution in [0.4, 0.5) is 0 Å². The molecule has 8 heavy (non-hydrogen) atoms. The first kappa shape index (κ1) is 5.32. The van der Waals surface area contributed by atoms with Crippen LogP contribution in [0.3, 0.4) is 0 Å². The van der Waals surface area contributed by atoms with Gasteiger partial charge in [-0.2, -0.15) is 10.4 Å². The molecule has 0 aromatic carbocycles. The average molecular weight is 172 g/mol. The number of hydrogen-bond acceptors (Lipinski definition) is 2. The van der Waals surface area contributed by atoms with E-state index in [4.69, 9.17) is 5.26 Å². The molecular weight excluding hydrogens is 170 g/mol. The highest BCUT2D eigenvalue weighted by atomic mass is 79.9. The molecule has 0 atom stereocenters. The highest BCUT2D eigenvalue weighted by Crippen LogP contribution is 2.08. The lowest BCUT2D eigenvalue weighted by molar-refractivity contribution is 1.07. The second kappa shape index (κ2) is 1.97. The predicted octanol–water partition coefficient (Wildman–Crippen LogP) is 1.04. The Morgan fingerprint density at radius 2 is 2.62 bits per heavy atom. The molecule has 0 unspecified atom stereocenters. The molecule has 0 saturated heterocycles. The van der Waals surface area contributed by atoms with E-state index in [2.05, 4.69) is 26.1 Å². The number of hydrogen-bond donors (Lipinski definition) is 1. The molecule has 1 aromatic rings. The van der Waals surface area contributed by atoms with Crippen molar-refractivity contribution in [3.63, 3.8) is 0 Å². The predicted molar refractivity (Wildman–Crippen MR) is 31.0 cm³/mol. The third-order valence-electron chi connectivity index (χ3n) is 0.713.